The van der Waals surface area contributed by atoms with E-state index in [4.69, 9.17) is 4.74 Å². The van der Waals surface area contributed by atoms with Gasteiger partial charge in [0.15, 0.2) is 18.2 Å². The number of carbonyl (C=O) groups is 2. The minimum atomic E-state index is -0.839. The smallest absolute Gasteiger partial charge is 0.260 e. The first kappa shape index (κ1) is 19.1. The Labute approximate surface area is 145 Å². The zero-order chi connectivity index (χ0) is 18.4. The van der Waals surface area contributed by atoms with Gasteiger partial charge in [-0.15, -0.1) is 0 Å². The Morgan fingerprint density at radius 2 is 1.88 bits per heavy atom. The number of nitrogens with zero attached hydrogens (tertiary/aromatic N) is 2. The number of carbonyl (C=O) groups excluding carboxylic acids is 2. The van der Waals surface area contributed by atoms with Gasteiger partial charge in [-0.2, -0.15) is 0 Å². The number of rotatable bonds is 6. The summed E-state index contributed by atoms with van der Waals surface area (Å²) in [5.74, 6) is -2.00. The van der Waals surface area contributed by atoms with Crippen molar-refractivity contribution in [2.45, 2.75) is 19.9 Å². The molecule has 1 aromatic carbocycles. The fourth-order valence-corrected chi connectivity index (χ4v) is 2.55. The van der Waals surface area contributed by atoms with Crippen LogP contribution in [0.5, 0.6) is 5.75 Å². The first-order valence-corrected chi connectivity index (χ1v) is 8.22. The summed E-state index contributed by atoms with van der Waals surface area (Å²) in [5, 5.41) is 2.83. The van der Waals surface area contributed by atoms with Crippen LogP contribution in [0.4, 0.5) is 8.78 Å². The van der Waals surface area contributed by atoms with Crippen LogP contribution < -0.4 is 10.1 Å². The summed E-state index contributed by atoms with van der Waals surface area (Å²) in [6.45, 7) is 5.92. The number of halogens is 2. The molecule has 1 saturated heterocycles. The van der Waals surface area contributed by atoms with Gasteiger partial charge in [0.05, 0.1) is 6.54 Å². The lowest BCUT2D eigenvalue weighted by atomic mass is 10.3. The molecule has 8 heteroatoms. The van der Waals surface area contributed by atoms with Crippen LogP contribution in [-0.4, -0.2) is 67.0 Å². The maximum Gasteiger partial charge on any atom is 0.260 e. The van der Waals surface area contributed by atoms with Gasteiger partial charge in [-0.3, -0.25) is 14.5 Å². The molecule has 1 N–H and O–H groups in total. The van der Waals surface area contributed by atoms with E-state index in [2.05, 4.69) is 5.32 Å². The molecular formula is C17H23F2N3O3. The van der Waals surface area contributed by atoms with E-state index < -0.39 is 11.6 Å². The summed E-state index contributed by atoms with van der Waals surface area (Å²) in [4.78, 5) is 27.5. The second-order valence-corrected chi connectivity index (χ2v) is 6.24. The van der Waals surface area contributed by atoms with E-state index in [0.29, 0.717) is 38.8 Å². The van der Waals surface area contributed by atoms with Gasteiger partial charge in [0, 0.05) is 38.3 Å². The summed E-state index contributed by atoms with van der Waals surface area (Å²) in [5.41, 5.74) is 0. The molecule has 1 aromatic rings. The van der Waals surface area contributed by atoms with Gasteiger partial charge in [-0.1, -0.05) is 0 Å². The van der Waals surface area contributed by atoms with Crippen molar-refractivity contribution >= 4 is 11.8 Å². The highest BCUT2D eigenvalue weighted by atomic mass is 19.1. The average molecular weight is 355 g/mol. The largest absolute Gasteiger partial charge is 0.481 e. The first-order valence-electron chi connectivity index (χ1n) is 8.22. The van der Waals surface area contributed by atoms with Gasteiger partial charge < -0.3 is 15.0 Å². The lowest BCUT2D eigenvalue weighted by Gasteiger charge is -2.34. The SMILES string of the molecule is CC(C)NC(=O)CN1CCN(C(=O)COc2ccc(F)cc2F)CC1. The Hall–Kier alpha value is -2.22. The van der Waals surface area contributed by atoms with Crippen molar-refractivity contribution in [1.82, 2.24) is 15.1 Å². The molecule has 2 rings (SSSR count). The van der Waals surface area contributed by atoms with Crippen molar-refractivity contribution in [2.75, 3.05) is 39.3 Å². The maximum atomic E-state index is 13.5. The number of amides is 2. The average Bonchev–Trinajstić information content (AvgIpc) is 2.53. The van der Waals surface area contributed by atoms with Gasteiger partial charge in [0.1, 0.15) is 5.82 Å². The molecular weight excluding hydrogens is 332 g/mol. The standard InChI is InChI=1S/C17H23F2N3O3/c1-12(2)20-16(23)10-21-5-7-22(8-6-21)17(24)11-25-15-4-3-13(18)9-14(15)19/h3-4,9,12H,5-8,10-11H2,1-2H3,(H,20,23). The third-order valence-corrected chi connectivity index (χ3v) is 3.79. The molecule has 138 valence electrons. The van der Waals surface area contributed by atoms with Gasteiger partial charge >= 0.3 is 0 Å². The molecule has 1 aliphatic rings. The van der Waals surface area contributed by atoms with Crippen LogP contribution in [0, 0.1) is 11.6 Å². The monoisotopic (exact) mass is 355 g/mol. The summed E-state index contributed by atoms with van der Waals surface area (Å²) >= 11 is 0. The summed E-state index contributed by atoms with van der Waals surface area (Å²) in [6.07, 6.45) is 0. The fraction of sp³-hybridized carbons (Fsp3) is 0.529. The second-order valence-electron chi connectivity index (χ2n) is 6.24. The molecule has 1 fully saturated rings. The summed E-state index contributed by atoms with van der Waals surface area (Å²) in [7, 11) is 0. The Bertz CT molecular complexity index is 617. The van der Waals surface area contributed by atoms with Crippen molar-refractivity contribution in [1.29, 1.82) is 0 Å². The number of piperazine rings is 1. The third-order valence-electron chi connectivity index (χ3n) is 3.79. The number of hydrogen-bond acceptors (Lipinski definition) is 4. The summed E-state index contributed by atoms with van der Waals surface area (Å²) in [6, 6.07) is 3.04. The van der Waals surface area contributed by atoms with Crippen LogP contribution in [0.15, 0.2) is 18.2 Å². The summed E-state index contributed by atoms with van der Waals surface area (Å²) < 4.78 is 31.4. The van der Waals surface area contributed by atoms with E-state index in [-0.39, 0.29) is 30.2 Å². The third kappa shape index (κ3) is 5.97. The van der Waals surface area contributed by atoms with E-state index in [0.717, 1.165) is 12.1 Å². The minimum absolute atomic E-state index is 0.0371. The van der Waals surface area contributed by atoms with Gasteiger partial charge in [0.25, 0.3) is 5.91 Å². The molecule has 0 spiro atoms. The van der Waals surface area contributed by atoms with Crippen LogP contribution in [0.25, 0.3) is 0 Å². The Morgan fingerprint density at radius 1 is 1.20 bits per heavy atom. The van der Waals surface area contributed by atoms with Crippen molar-refractivity contribution in [3.8, 4) is 5.75 Å². The quantitative estimate of drug-likeness (QED) is 0.827. The number of benzene rings is 1. The Kier molecular flexibility index (Phi) is 6.69. The normalized spacial score (nSPS) is 15.3. The van der Waals surface area contributed by atoms with Crippen molar-refractivity contribution in [3.63, 3.8) is 0 Å². The Morgan fingerprint density at radius 3 is 2.48 bits per heavy atom. The molecule has 0 saturated carbocycles. The zero-order valence-corrected chi connectivity index (χ0v) is 14.4. The van der Waals surface area contributed by atoms with Crippen LogP contribution in [0.1, 0.15) is 13.8 Å². The molecule has 25 heavy (non-hydrogen) atoms. The highest BCUT2D eigenvalue weighted by Gasteiger charge is 2.23. The topological polar surface area (TPSA) is 61.9 Å². The fourth-order valence-electron chi connectivity index (χ4n) is 2.55. The van der Waals surface area contributed by atoms with Crippen molar-refractivity contribution in [3.05, 3.63) is 29.8 Å². The number of nitrogens with one attached hydrogen (secondary N) is 1. The van der Waals surface area contributed by atoms with Crippen molar-refractivity contribution < 1.29 is 23.1 Å². The molecule has 0 bridgehead atoms. The highest BCUT2D eigenvalue weighted by molar-refractivity contribution is 5.79. The van der Waals surface area contributed by atoms with E-state index >= 15 is 0 Å². The van der Waals surface area contributed by atoms with E-state index in [1.54, 1.807) is 4.90 Å². The van der Waals surface area contributed by atoms with E-state index in [1.165, 1.54) is 0 Å². The second kappa shape index (κ2) is 8.75. The van der Waals surface area contributed by atoms with Crippen LogP contribution >= 0.6 is 0 Å². The van der Waals surface area contributed by atoms with Crippen LogP contribution in [0.2, 0.25) is 0 Å². The Balaban J connectivity index is 1.74. The molecule has 0 atom stereocenters. The predicted molar refractivity (Wildman–Crippen MR) is 88.2 cm³/mol. The lowest BCUT2D eigenvalue weighted by molar-refractivity contribution is -0.135. The molecule has 0 radical (unpaired) electrons. The number of ether oxygens (including phenoxy) is 1. The maximum absolute atomic E-state index is 13.5. The molecule has 6 nitrogen and oxygen atoms in total. The molecule has 0 aromatic heterocycles. The predicted octanol–water partition coefficient (Wildman–Crippen LogP) is 1.01. The number of hydrogen-bond donors (Lipinski definition) is 1. The minimum Gasteiger partial charge on any atom is -0.481 e. The first-order chi connectivity index (χ1) is 11.8. The lowest BCUT2D eigenvalue weighted by Crippen LogP contribution is -2.52. The van der Waals surface area contributed by atoms with Gasteiger partial charge in [0.2, 0.25) is 5.91 Å². The van der Waals surface area contributed by atoms with Crippen LogP contribution in [-0.2, 0) is 9.59 Å². The van der Waals surface area contributed by atoms with Gasteiger partial charge in [-0.05, 0) is 26.0 Å². The van der Waals surface area contributed by atoms with E-state index in [1.807, 2.05) is 18.7 Å². The molecule has 0 unspecified atom stereocenters. The molecule has 2 amide bonds. The molecule has 0 aliphatic carbocycles. The van der Waals surface area contributed by atoms with Gasteiger partial charge in [-0.25, -0.2) is 8.78 Å². The highest BCUT2D eigenvalue weighted by Crippen LogP contribution is 2.17. The van der Waals surface area contributed by atoms with Crippen molar-refractivity contribution in [2.24, 2.45) is 0 Å². The molecule has 1 heterocycles. The molecule has 1 aliphatic heterocycles. The zero-order valence-electron chi connectivity index (χ0n) is 14.4. The van der Waals surface area contributed by atoms with Crippen LogP contribution in [0.3, 0.4) is 0 Å². The van der Waals surface area contributed by atoms with E-state index in [9.17, 15) is 18.4 Å².